The van der Waals surface area contributed by atoms with Gasteiger partial charge in [0.1, 0.15) is 30.5 Å². The van der Waals surface area contributed by atoms with Crippen molar-refractivity contribution in [1.82, 2.24) is 14.8 Å². The van der Waals surface area contributed by atoms with Gasteiger partial charge in [-0.25, -0.2) is 0 Å². The Morgan fingerprint density at radius 2 is 2.32 bits per heavy atom. The fourth-order valence-corrected chi connectivity index (χ4v) is 2.03. The molecule has 0 saturated heterocycles. The van der Waals surface area contributed by atoms with Crippen LogP contribution in [0.25, 0.3) is 0 Å². The van der Waals surface area contributed by atoms with E-state index in [1.54, 1.807) is 0 Å². The van der Waals surface area contributed by atoms with E-state index in [2.05, 4.69) is 10.2 Å². The number of aromatic nitrogens is 3. The van der Waals surface area contributed by atoms with Crippen LogP contribution in [-0.2, 0) is 13.7 Å². The fourth-order valence-electron chi connectivity index (χ4n) is 2.03. The molecule has 19 heavy (non-hydrogen) atoms. The zero-order chi connectivity index (χ0) is 13.4. The molecule has 6 nitrogen and oxygen atoms in total. The maximum atomic E-state index is 5.90. The molecule has 1 aromatic carbocycles. The van der Waals surface area contributed by atoms with Crippen LogP contribution < -0.4 is 15.2 Å². The minimum atomic E-state index is -0.0366. The third-order valence-corrected chi connectivity index (χ3v) is 3.35. The van der Waals surface area contributed by atoms with E-state index in [4.69, 9.17) is 15.2 Å². The van der Waals surface area contributed by atoms with Crippen LogP contribution in [0.15, 0.2) is 18.2 Å². The summed E-state index contributed by atoms with van der Waals surface area (Å²) in [6.45, 7) is 2.81. The van der Waals surface area contributed by atoms with Gasteiger partial charge >= 0.3 is 0 Å². The molecular formula is C13H16N4O2. The maximum absolute atomic E-state index is 5.90. The molecule has 0 amide bonds. The summed E-state index contributed by atoms with van der Waals surface area (Å²) >= 11 is 0. The van der Waals surface area contributed by atoms with Gasteiger partial charge in [-0.2, -0.15) is 0 Å². The molecule has 2 aromatic rings. The van der Waals surface area contributed by atoms with Crippen LogP contribution in [0, 0.1) is 6.92 Å². The number of nitrogens with two attached hydrogens (primary N) is 1. The first-order valence-electron chi connectivity index (χ1n) is 6.15. The van der Waals surface area contributed by atoms with Crippen LogP contribution in [0.5, 0.6) is 11.5 Å². The smallest absolute Gasteiger partial charge is 0.170 e. The minimum Gasteiger partial charge on any atom is -0.491 e. The van der Waals surface area contributed by atoms with Gasteiger partial charge in [-0.3, -0.25) is 0 Å². The van der Waals surface area contributed by atoms with Crippen molar-refractivity contribution >= 4 is 0 Å². The SMILES string of the molecule is Cc1nnc(COc2ccc3c(c2)OCC3N)n1C. The van der Waals surface area contributed by atoms with Crippen molar-refractivity contribution in [1.29, 1.82) is 0 Å². The van der Waals surface area contributed by atoms with Crippen molar-refractivity contribution in [2.24, 2.45) is 12.8 Å². The Morgan fingerprint density at radius 3 is 3.05 bits per heavy atom. The van der Waals surface area contributed by atoms with Gasteiger partial charge in [0.05, 0.1) is 6.04 Å². The Kier molecular flexibility index (Phi) is 2.87. The third-order valence-electron chi connectivity index (χ3n) is 3.35. The van der Waals surface area contributed by atoms with Crippen LogP contribution in [0.4, 0.5) is 0 Å². The lowest BCUT2D eigenvalue weighted by molar-refractivity contribution is 0.287. The topological polar surface area (TPSA) is 75.2 Å². The van der Waals surface area contributed by atoms with Gasteiger partial charge in [0.15, 0.2) is 5.82 Å². The van der Waals surface area contributed by atoms with E-state index in [1.807, 2.05) is 36.7 Å². The van der Waals surface area contributed by atoms with Crippen molar-refractivity contribution in [3.8, 4) is 11.5 Å². The highest BCUT2D eigenvalue weighted by Crippen LogP contribution is 2.34. The number of hydrogen-bond acceptors (Lipinski definition) is 5. The summed E-state index contributed by atoms with van der Waals surface area (Å²) in [5, 5.41) is 8.04. The van der Waals surface area contributed by atoms with Gasteiger partial charge in [-0.05, 0) is 19.1 Å². The van der Waals surface area contributed by atoms with E-state index in [-0.39, 0.29) is 6.04 Å². The first-order valence-corrected chi connectivity index (χ1v) is 6.15. The lowest BCUT2D eigenvalue weighted by atomic mass is 10.1. The molecule has 1 unspecified atom stereocenters. The number of fused-ring (bicyclic) bond motifs is 1. The average Bonchev–Trinajstić information content (AvgIpc) is 2.93. The molecule has 6 heteroatoms. The maximum Gasteiger partial charge on any atom is 0.170 e. The van der Waals surface area contributed by atoms with Crippen molar-refractivity contribution in [3.05, 3.63) is 35.4 Å². The molecule has 1 aliphatic rings. The van der Waals surface area contributed by atoms with E-state index in [1.165, 1.54) is 0 Å². The van der Waals surface area contributed by atoms with Crippen LogP contribution in [0.3, 0.4) is 0 Å². The standard InChI is InChI=1S/C13H16N4O2/c1-8-15-16-13(17(8)2)7-18-9-3-4-10-11(14)6-19-12(10)5-9/h3-5,11H,6-7,14H2,1-2H3. The Hall–Kier alpha value is -2.08. The minimum absolute atomic E-state index is 0.0366. The molecular weight excluding hydrogens is 244 g/mol. The number of nitrogens with zero attached hydrogens (tertiary/aromatic N) is 3. The number of rotatable bonds is 3. The summed E-state index contributed by atoms with van der Waals surface area (Å²) < 4.78 is 13.1. The summed E-state index contributed by atoms with van der Waals surface area (Å²) in [6.07, 6.45) is 0. The highest BCUT2D eigenvalue weighted by molar-refractivity contribution is 5.44. The molecule has 0 saturated carbocycles. The van der Waals surface area contributed by atoms with E-state index >= 15 is 0 Å². The summed E-state index contributed by atoms with van der Waals surface area (Å²) in [4.78, 5) is 0. The van der Waals surface area contributed by atoms with Crippen molar-refractivity contribution in [3.63, 3.8) is 0 Å². The quantitative estimate of drug-likeness (QED) is 0.894. The lowest BCUT2D eigenvalue weighted by Crippen LogP contribution is -2.10. The van der Waals surface area contributed by atoms with Gasteiger partial charge in [0, 0.05) is 18.7 Å². The molecule has 100 valence electrons. The predicted octanol–water partition coefficient (Wildman–Crippen LogP) is 1.09. The third kappa shape index (κ3) is 2.15. The largest absolute Gasteiger partial charge is 0.491 e. The first-order chi connectivity index (χ1) is 9.15. The van der Waals surface area contributed by atoms with Gasteiger partial charge < -0.3 is 19.8 Å². The summed E-state index contributed by atoms with van der Waals surface area (Å²) in [5.41, 5.74) is 6.93. The van der Waals surface area contributed by atoms with Gasteiger partial charge in [0.2, 0.25) is 0 Å². The first kappa shape index (κ1) is 12.0. The number of ether oxygens (including phenoxy) is 2. The Bertz CT molecular complexity index is 609. The molecule has 0 bridgehead atoms. The Labute approximate surface area is 111 Å². The fraction of sp³-hybridized carbons (Fsp3) is 0.385. The number of benzene rings is 1. The average molecular weight is 260 g/mol. The molecule has 2 N–H and O–H groups in total. The highest BCUT2D eigenvalue weighted by atomic mass is 16.5. The Morgan fingerprint density at radius 1 is 1.47 bits per heavy atom. The van der Waals surface area contributed by atoms with E-state index in [0.717, 1.165) is 28.7 Å². The summed E-state index contributed by atoms with van der Waals surface area (Å²) in [7, 11) is 1.92. The zero-order valence-corrected chi connectivity index (χ0v) is 11.0. The van der Waals surface area contributed by atoms with Crippen molar-refractivity contribution in [2.75, 3.05) is 6.61 Å². The van der Waals surface area contributed by atoms with Crippen LogP contribution in [0.2, 0.25) is 0 Å². The van der Waals surface area contributed by atoms with Crippen LogP contribution in [0.1, 0.15) is 23.3 Å². The number of hydrogen-bond donors (Lipinski definition) is 1. The molecule has 0 radical (unpaired) electrons. The Balaban J connectivity index is 1.73. The van der Waals surface area contributed by atoms with E-state index < -0.39 is 0 Å². The van der Waals surface area contributed by atoms with Crippen molar-refractivity contribution < 1.29 is 9.47 Å². The number of aryl methyl sites for hydroxylation is 1. The second kappa shape index (κ2) is 4.55. The summed E-state index contributed by atoms with van der Waals surface area (Å²) in [6, 6.07) is 5.68. The van der Waals surface area contributed by atoms with E-state index in [0.29, 0.717) is 13.2 Å². The molecule has 1 atom stereocenters. The van der Waals surface area contributed by atoms with Crippen molar-refractivity contribution in [2.45, 2.75) is 19.6 Å². The van der Waals surface area contributed by atoms with Gasteiger partial charge in [-0.1, -0.05) is 0 Å². The second-order valence-corrected chi connectivity index (χ2v) is 4.63. The lowest BCUT2D eigenvalue weighted by Gasteiger charge is -2.07. The van der Waals surface area contributed by atoms with Gasteiger partial charge in [-0.15, -0.1) is 10.2 Å². The monoisotopic (exact) mass is 260 g/mol. The highest BCUT2D eigenvalue weighted by Gasteiger charge is 2.20. The molecule has 0 spiro atoms. The molecule has 1 aliphatic heterocycles. The molecule has 1 aromatic heterocycles. The molecule has 0 aliphatic carbocycles. The second-order valence-electron chi connectivity index (χ2n) is 4.63. The van der Waals surface area contributed by atoms with Crippen LogP contribution in [-0.4, -0.2) is 21.4 Å². The van der Waals surface area contributed by atoms with E-state index in [9.17, 15) is 0 Å². The van der Waals surface area contributed by atoms with Crippen LogP contribution >= 0.6 is 0 Å². The zero-order valence-electron chi connectivity index (χ0n) is 11.0. The molecule has 3 rings (SSSR count). The normalized spacial score (nSPS) is 17.1. The summed E-state index contributed by atoms with van der Waals surface area (Å²) in [5.74, 6) is 3.20. The van der Waals surface area contributed by atoms with Gasteiger partial charge in [0.25, 0.3) is 0 Å². The predicted molar refractivity (Wildman–Crippen MR) is 68.9 cm³/mol. The molecule has 0 fully saturated rings. The molecule has 2 heterocycles.